The fraction of sp³-hybridized carbons (Fsp3) is 0.227. The molecule has 1 aliphatic rings. The normalized spacial score (nSPS) is 15.1. The summed E-state index contributed by atoms with van der Waals surface area (Å²) in [5.74, 6) is 0.671. The molecule has 4 rings (SSSR count). The average Bonchev–Trinajstić information content (AvgIpc) is 2.61. The number of benzene rings is 2. The summed E-state index contributed by atoms with van der Waals surface area (Å²) in [7, 11) is 0. The predicted octanol–water partition coefficient (Wildman–Crippen LogP) is 7.48. The number of aromatic nitrogens is 1. The molecule has 0 saturated carbocycles. The number of hydrogen-bond donors (Lipinski definition) is 0. The average molecular weight is 419 g/mol. The van der Waals surface area contributed by atoms with Crippen LogP contribution in [-0.4, -0.2) is 10.6 Å². The van der Waals surface area contributed by atoms with Gasteiger partial charge in [0.05, 0.1) is 10.7 Å². The van der Waals surface area contributed by atoms with Crippen molar-refractivity contribution in [1.29, 1.82) is 0 Å². The van der Waals surface area contributed by atoms with Crippen LogP contribution in [0.4, 0.5) is 0 Å². The molecule has 1 aliphatic heterocycles. The number of hydrogen-bond acceptors (Lipinski definition) is 2. The van der Waals surface area contributed by atoms with Crippen molar-refractivity contribution in [3.63, 3.8) is 0 Å². The zero-order valence-electron chi connectivity index (χ0n) is 15.0. The molecular weight excluding hydrogens is 401 g/mol. The van der Waals surface area contributed by atoms with Gasteiger partial charge >= 0.3 is 0 Å². The van der Waals surface area contributed by atoms with Crippen LogP contribution >= 0.6 is 34.8 Å². The summed E-state index contributed by atoms with van der Waals surface area (Å²) in [5.41, 5.74) is 4.49. The van der Waals surface area contributed by atoms with E-state index in [-0.39, 0.29) is 5.60 Å². The van der Waals surface area contributed by atoms with Crippen molar-refractivity contribution in [2.45, 2.75) is 32.3 Å². The van der Waals surface area contributed by atoms with Gasteiger partial charge in [-0.1, -0.05) is 46.9 Å². The zero-order chi connectivity index (χ0) is 19.2. The van der Waals surface area contributed by atoms with Crippen LogP contribution in [0.1, 0.15) is 25.8 Å². The van der Waals surface area contributed by atoms with E-state index in [0.717, 1.165) is 40.8 Å². The van der Waals surface area contributed by atoms with Gasteiger partial charge in [-0.3, -0.25) is 0 Å². The van der Waals surface area contributed by atoms with E-state index in [9.17, 15) is 0 Å². The van der Waals surface area contributed by atoms with E-state index in [0.29, 0.717) is 20.9 Å². The molecule has 1 aromatic heterocycles. The van der Waals surface area contributed by atoms with Gasteiger partial charge in [0.1, 0.15) is 5.60 Å². The Morgan fingerprint density at radius 1 is 0.889 bits per heavy atom. The van der Waals surface area contributed by atoms with Gasteiger partial charge in [-0.2, -0.15) is 0 Å². The first-order chi connectivity index (χ1) is 12.8. The van der Waals surface area contributed by atoms with E-state index in [2.05, 4.69) is 19.9 Å². The molecule has 0 unspecified atom stereocenters. The second kappa shape index (κ2) is 7.01. The predicted molar refractivity (Wildman–Crippen MR) is 113 cm³/mol. The molecule has 2 aromatic carbocycles. The van der Waals surface area contributed by atoms with Gasteiger partial charge in [0.25, 0.3) is 0 Å². The van der Waals surface area contributed by atoms with Crippen molar-refractivity contribution >= 4 is 34.8 Å². The SMILES string of the molecule is CC1(C)CCc2cc(-c3ccc(Cl)cc3)c(-c3ccc(Cl)cc3Cl)nc2O1. The molecule has 3 aromatic rings. The summed E-state index contributed by atoms with van der Waals surface area (Å²) in [6.45, 7) is 4.17. The minimum Gasteiger partial charge on any atom is -0.471 e. The minimum atomic E-state index is -0.233. The van der Waals surface area contributed by atoms with Crippen LogP contribution < -0.4 is 4.74 Å². The van der Waals surface area contributed by atoms with E-state index < -0.39 is 0 Å². The first-order valence-electron chi connectivity index (χ1n) is 8.77. The number of fused-ring (bicyclic) bond motifs is 1. The molecule has 0 fully saturated rings. The van der Waals surface area contributed by atoms with Crippen LogP contribution in [0, 0.1) is 0 Å². The number of pyridine rings is 1. The molecule has 0 amide bonds. The van der Waals surface area contributed by atoms with Crippen LogP contribution in [0.25, 0.3) is 22.4 Å². The number of aryl methyl sites for hydroxylation is 1. The van der Waals surface area contributed by atoms with E-state index in [1.165, 1.54) is 0 Å². The molecule has 0 radical (unpaired) electrons. The molecule has 2 nitrogen and oxygen atoms in total. The van der Waals surface area contributed by atoms with Gasteiger partial charge in [0.15, 0.2) is 0 Å². The smallest absolute Gasteiger partial charge is 0.217 e. The lowest BCUT2D eigenvalue weighted by atomic mass is 9.92. The summed E-state index contributed by atoms with van der Waals surface area (Å²) in [5, 5.41) is 1.84. The Morgan fingerprint density at radius 2 is 1.59 bits per heavy atom. The number of nitrogens with zero attached hydrogens (tertiary/aromatic N) is 1. The maximum atomic E-state index is 6.50. The third kappa shape index (κ3) is 3.80. The lowest BCUT2D eigenvalue weighted by molar-refractivity contribution is 0.0785. The van der Waals surface area contributed by atoms with E-state index in [4.69, 9.17) is 44.5 Å². The maximum Gasteiger partial charge on any atom is 0.217 e. The highest BCUT2D eigenvalue weighted by Gasteiger charge is 2.29. The molecule has 0 atom stereocenters. The molecule has 5 heteroatoms. The van der Waals surface area contributed by atoms with E-state index in [1.807, 2.05) is 36.4 Å². The molecule has 0 aliphatic carbocycles. The van der Waals surface area contributed by atoms with Gasteiger partial charge in [-0.15, -0.1) is 0 Å². The van der Waals surface area contributed by atoms with E-state index >= 15 is 0 Å². The molecule has 0 bridgehead atoms. The van der Waals surface area contributed by atoms with Gasteiger partial charge in [-0.05, 0) is 68.7 Å². The first kappa shape index (κ1) is 18.6. The van der Waals surface area contributed by atoms with Crippen molar-refractivity contribution in [3.8, 4) is 28.3 Å². The lowest BCUT2D eigenvalue weighted by Crippen LogP contribution is -2.33. The van der Waals surface area contributed by atoms with Gasteiger partial charge in [0.2, 0.25) is 5.88 Å². The van der Waals surface area contributed by atoms with Crippen LogP contribution in [-0.2, 0) is 6.42 Å². The highest BCUT2D eigenvalue weighted by Crippen LogP contribution is 2.41. The number of rotatable bonds is 2. The summed E-state index contributed by atoms with van der Waals surface area (Å²) < 4.78 is 6.15. The second-order valence-corrected chi connectivity index (χ2v) is 8.62. The molecule has 0 spiro atoms. The highest BCUT2D eigenvalue weighted by atomic mass is 35.5. The standard InChI is InChI=1S/C22H18Cl3NO/c1-22(2)10-9-14-11-18(13-3-5-15(23)6-4-13)20(26-21(14)27-22)17-8-7-16(24)12-19(17)25/h3-8,11-12H,9-10H2,1-2H3. The van der Waals surface area contributed by atoms with Crippen molar-refractivity contribution in [1.82, 2.24) is 4.98 Å². The summed E-state index contributed by atoms with van der Waals surface area (Å²) in [6.07, 6.45) is 1.87. The summed E-state index contributed by atoms with van der Waals surface area (Å²) in [6, 6.07) is 15.3. The van der Waals surface area contributed by atoms with Crippen LogP contribution in [0.15, 0.2) is 48.5 Å². The second-order valence-electron chi connectivity index (χ2n) is 7.34. The molecule has 0 N–H and O–H groups in total. The topological polar surface area (TPSA) is 22.1 Å². The Balaban J connectivity index is 1.95. The van der Waals surface area contributed by atoms with E-state index in [1.54, 1.807) is 6.07 Å². The monoisotopic (exact) mass is 417 g/mol. The van der Waals surface area contributed by atoms with Crippen molar-refractivity contribution in [2.24, 2.45) is 0 Å². The zero-order valence-corrected chi connectivity index (χ0v) is 17.3. The number of halogens is 3. The third-order valence-corrected chi connectivity index (χ3v) is 5.57. The third-order valence-electron chi connectivity index (χ3n) is 4.77. The van der Waals surface area contributed by atoms with Crippen molar-refractivity contribution in [2.75, 3.05) is 0 Å². The first-order valence-corrected chi connectivity index (χ1v) is 9.90. The Kier molecular flexibility index (Phi) is 4.84. The quantitative estimate of drug-likeness (QED) is 0.430. The fourth-order valence-corrected chi connectivity index (χ4v) is 3.91. The molecule has 27 heavy (non-hydrogen) atoms. The largest absolute Gasteiger partial charge is 0.471 e. The molecule has 138 valence electrons. The minimum absolute atomic E-state index is 0.233. The molecular formula is C22H18Cl3NO. The van der Waals surface area contributed by atoms with Gasteiger partial charge < -0.3 is 4.74 Å². The van der Waals surface area contributed by atoms with Crippen LogP contribution in [0.2, 0.25) is 15.1 Å². The number of ether oxygens (including phenoxy) is 1. The molecule has 0 saturated heterocycles. The van der Waals surface area contributed by atoms with Gasteiger partial charge in [-0.25, -0.2) is 4.98 Å². The Bertz CT molecular complexity index is 1010. The van der Waals surface area contributed by atoms with Crippen molar-refractivity contribution < 1.29 is 4.74 Å². The Labute approximate surface area is 174 Å². The van der Waals surface area contributed by atoms with Crippen LogP contribution in [0.3, 0.4) is 0 Å². The summed E-state index contributed by atoms with van der Waals surface area (Å²) in [4.78, 5) is 4.89. The highest BCUT2D eigenvalue weighted by molar-refractivity contribution is 6.36. The Morgan fingerprint density at radius 3 is 2.30 bits per heavy atom. The summed E-state index contributed by atoms with van der Waals surface area (Å²) >= 11 is 18.7. The lowest BCUT2D eigenvalue weighted by Gasteiger charge is -2.32. The molecule has 2 heterocycles. The fourth-order valence-electron chi connectivity index (χ4n) is 3.29. The van der Waals surface area contributed by atoms with Crippen LogP contribution in [0.5, 0.6) is 5.88 Å². The van der Waals surface area contributed by atoms with Gasteiger partial charge in [0, 0.05) is 26.7 Å². The van der Waals surface area contributed by atoms with Crippen molar-refractivity contribution in [3.05, 3.63) is 69.2 Å². The Hall–Kier alpha value is -1.74. The maximum absolute atomic E-state index is 6.50.